The van der Waals surface area contributed by atoms with Crippen molar-refractivity contribution in [3.8, 4) is 0 Å². The third-order valence-electron chi connectivity index (χ3n) is 1.55. The van der Waals surface area contributed by atoms with Crippen LogP contribution < -0.4 is 0 Å². The third kappa shape index (κ3) is 2.47. The van der Waals surface area contributed by atoms with Gasteiger partial charge in [0, 0.05) is 25.9 Å². The van der Waals surface area contributed by atoms with E-state index in [4.69, 9.17) is 4.42 Å². The molecule has 0 aliphatic rings. The molecular weight excluding hydrogens is 166 g/mol. The summed E-state index contributed by atoms with van der Waals surface area (Å²) in [5.41, 5.74) is 0.667. The Morgan fingerprint density at radius 3 is 2.69 bits per heavy atom. The molecule has 70 valence electrons. The van der Waals surface area contributed by atoms with Gasteiger partial charge in [0.2, 0.25) is 5.78 Å². The van der Waals surface area contributed by atoms with Gasteiger partial charge in [0.1, 0.15) is 0 Å². The first kappa shape index (κ1) is 9.58. The lowest BCUT2D eigenvalue weighted by Gasteiger charge is -2.05. The van der Waals surface area contributed by atoms with E-state index in [9.17, 15) is 4.79 Å². The van der Waals surface area contributed by atoms with Crippen LogP contribution in [0, 0.1) is 0 Å². The molecule has 0 aliphatic carbocycles. The molecule has 0 bridgehead atoms. The van der Waals surface area contributed by atoms with Crippen molar-refractivity contribution in [3.05, 3.63) is 35.9 Å². The van der Waals surface area contributed by atoms with Crippen LogP contribution in [0.25, 0.3) is 0 Å². The van der Waals surface area contributed by atoms with E-state index < -0.39 is 0 Å². The minimum atomic E-state index is -0.0706. The number of ketones is 1. The minimum Gasteiger partial charge on any atom is -0.461 e. The Morgan fingerprint density at radius 2 is 2.23 bits per heavy atom. The minimum absolute atomic E-state index is 0.0706. The van der Waals surface area contributed by atoms with Crippen LogP contribution in [0.2, 0.25) is 0 Å². The predicted molar refractivity (Wildman–Crippen MR) is 50.5 cm³/mol. The zero-order chi connectivity index (χ0) is 9.84. The molecule has 3 nitrogen and oxygen atoms in total. The number of carbonyl (C=O) groups is 1. The molecule has 0 amide bonds. The number of furan rings is 1. The summed E-state index contributed by atoms with van der Waals surface area (Å²) in [4.78, 5) is 13.4. The summed E-state index contributed by atoms with van der Waals surface area (Å²) in [7, 11) is 3.75. The fraction of sp³-hybridized carbons (Fsp3) is 0.300. The normalized spacial score (nSPS) is 11.5. The molecule has 13 heavy (non-hydrogen) atoms. The second kappa shape index (κ2) is 3.94. The van der Waals surface area contributed by atoms with Gasteiger partial charge >= 0.3 is 0 Å². The van der Waals surface area contributed by atoms with Crippen LogP contribution in [0.15, 0.2) is 34.6 Å². The van der Waals surface area contributed by atoms with Crippen LogP contribution in [-0.4, -0.2) is 24.8 Å². The van der Waals surface area contributed by atoms with Gasteiger partial charge in [-0.2, -0.15) is 0 Å². The number of hydrogen-bond acceptors (Lipinski definition) is 3. The summed E-state index contributed by atoms with van der Waals surface area (Å²) in [6.45, 7) is 1.77. The summed E-state index contributed by atoms with van der Waals surface area (Å²) in [6, 6.07) is 3.37. The van der Waals surface area contributed by atoms with Crippen molar-refractivity contribution in [3.63, 3.8) is 0 Å². The second-order valence-corrected chi connectivity index (χ2v) is 3.08. The molecule has 0 fully saturated rings. The molecule has 1 aromatic heterocycles. The molecule has 0 saturated heterocycles. The Hall–Kier alpha value is -1.51. The van der Waals surface area contributed by atoms with Gasteiger partial charge in [0.05, 0.1) is 6.26 Å². The molecule has 0 aliphatic heterocycles. The van der Waals surface area contributed by atoms with Gasteiger partial charge in [-0.25, -0.2) is 0 Å². The lowest BCUT2D eigenvalue weighted by Crippen LogP contribution is -2.07. The highest BCUT2D eigenvalue weighted by atomic mass is 16.3. The van der Waals surface area contributed by atoms with E-state index in [2.05, 4.69) is 0 Å². The molecular formula is C10H13NO2. The first-order valence-electron chi connectivity index (χ1n) is 4.04. The van der Waals surface area contributed by atoms with E-state index in [-0.39, 0.29) is 5.78 Å². The average Bonchev–Trinajstić information content (AvgIpc) is 2.53. The van der Waals surface area contributed by atoms with Crippen molar-refractivity contribution in [1.29, 1.82) is 0 Å². The van der Waals surface area contributed by atoms with E-state index >= 15 is 0 Å². The number of carbonyl (C=O) groups excluding carboxylic acids is 1. The number of hydrogen-bond donors (Lipinski definition) is 0. The molecule has 0 radical (unpaired) electrons. The largest absolute Gasteiger partial charge is 0.461 e. The van der Waals surface area contributed by atoms with Crippen LogP contribution in [0.3, 0.4) is 0 Å². The molecule has 1 aromatic rings. The molecule has 0 aromatic carbocycles. The molecule has 0 saturated carbocycles. The average molecular weight is 179 g/mol. The lowest BCUT2D eigenvalue weighted by molar-refractivity contribution is 0.100. The maximum atomic E-state index is 11.6. The summed E-state index contributed by atoms with van der Waals surface area (Å²) >= 11 is 0. The predicted octanol–water partition coefficient (Wildman–Crippen LogP) is 1.93. The van der Waals surface area contributed by atoms with Gasteiger partial charge in [-0.3, -0.25) is 4.79 Å². The van der Waals surface area contributed by atoms with Crippen LogP contribution in [0.4, 0.5) is 0 Å². The Morgan fingerprint density at radius 1 is 1.54 bits per heavy atom. The summed E-state index contributed by atoms with van der Waals surface area (Å²) in [6.07, 6.45) is 3.26. The first-order chi connectivity index (χ1) is 6.11. The van der Waals surface area contributed by atoms with Gasteiger partial charge in [-0.1, -0.05) is 0 Å². The monoisotopic (exact) mass is 179 g/mol. The lowest BCUT2D eigenvalue weighted by atomic mass is 10.1. The molecule has 0 atom stereocenters. The summed E-state index contributed by atoms with van der Waals surface area (Å²) < 4.78 is 4.99. The van der Waals surface area contributed by atoms with Crippen molar-refractivity contribution in [2.75, 3.05) is 14.1 Å². The number of Topliss-reactive ketones (excluding diaryl/α,β-unsaturated/α-hetero) is 1. The van der Waals surface area contributed by atoms with E-state index in [1.807, 2.05) is 19.0 Å². The highest BCUT2D eigenvalue weighted by molar-refractivity contribution is 6.06. The van der Waals surface area contributed by atoms with E-state index in [1.165, 1.54) is 6.26 Å². The first-order valence-corrected chi connectivity index (χ1v) is 4.04. The molecule has 0 unspecified atom stereocenters. The van der Waals surface area contributed by atoms with Gasteiger partial charge in [-0.15, -0.1) is 0 Å². The van der Waals surface area contributed by atoms with Crippen molar-refractivity contribution in [2.45, 2.75) is 6.92 Å². The SMILES string of the molecule is CC(=CN(C)C)C(=O)c1ccco1. The molecule has 3 heteroatoms. The fourth-order valence-electron chi connectivity index (χ4n) is 1.05. The molecule has 0 spiro atoms. The standard InChI is InChI=1S/C10H13NO2/c1-8(7-11(2)3)10(12)9-5-4-6-13-9/h4-7H,1-3H3. The molecule has 1 heterocycles. The molecule has 0 N–H and O–H groups in total. The summed E-state index contributed by atoms with van der Waals surface area (Å²) in [5, 5.41) is 0. The van der Waals surface area contributed by atoms with Crippen molar-refractivity contribution < 1.29 is 9.21 Å². The smallest absolute Gasteiger partial charge is 0.225 e. The van der Waals surface area contributed by atoms with Gasteiger partial charge < -0.3 is 9.32 Å². The Kier molecular flexibility index (Phi) is 2.90. The second-order valence-electron chi connectivity index (χ2n) is 3.08. The maximum absolute atomic E-state index is 11.6. The van der Waals surface area contributed by atoms with E-state index in [1.54, 1.807) is 25.3 Å². The van der Waals surface area contributed by atoms with Crippen molar-refractivity contribution >= 4 is 5.78 Å². The zero-order valence-corrected chi connectivity index (χ0v) is 8.07. The van der Waals surface area contributed by atoms with Crippen LogP contribution in [0.5, 0.6) is 0 Å². The third-order valence-corrected chi connectivity index (χ3v) is 1.55. The topological polar surface area (TPSA) is 33.5 Å². The van der Waals surface area contributed by atoms with Gasteiger partial charge in [0.15, 0.2) is 5.76 Å². The Balaban J connectivity index is 2.80. The van der Waals surface area contributed by atoms with Crippen molar-refractivity contribution in [2.24, 2.45) is 0 Å². The highest BCUT2D eigenvalue weighted by Gasteiger charge is 2.10. The van der Waals surface area contributed by atoms with E-state index in [0.29, 0.717) is 11.3 Å². The number of rotatable bonds is 3. The maximum Gasteiger partial charge on any atom is 0.225 e. The van der Waals surface area contributed by atoms with Crippen LogP contribution in [0.1, 0.15) is 17.5 Å². The molecule has 1 rings (SSSR count). The zero-order valence-electron chi connectivity index (χ0n) is 8.07. The van der Waals surface area contributed by atoms with Crippen LogP contribution in [-0.2, 0) is 0 Å². The number of allylic oxidation sites excluding steroid dienone is 1. The number of nitrogens with zero attached hydrogens (tertiary/aromatic N) is 1. The highest BCUT2D eigenvalue weighted by Crippen LogP contribution is 2.08. The van der Waals surface area contributed by atoms with E-state index in [0.717, 1.165) is 0 Å². The quantitative estimate of drug-likeness (QED) is 0.525. The Bertz CT molecular complexity index is 310. The van der Waals surface area contributed by atoms with Gasteiger partial charge in [-0.05, 0) is 19.1 Å². The van der Waals surface area contributed by atoms with Crippen molar-refractivity contribution in [1.82, 2.24) is 4.90 Å². The Labute approximate surface area is 77.6 Å². The van der Waals surface area contributed by atoms with Gasteiger partial charge in [0.25, 0.3) is 0 Å². The van der Waals surface area contributed by atoms with Crippen LogP contribution >= 0.6 is 0 Å². The summed E-state index contributed by atoms with van der Waals surface area (Å²) in [5.74, 6) is 0.314. The fourth-order valence-corrected chi connectivity index (χ4v) is 1.05.